The fourth-order valence-corrected chi connectivity index (χ4v) is 2.67. The molecule has 0 aliphatic rings. The number of carbonyl (C=O) groups excluding carboxylic acids is 1. The molecule has 2 N–H and O–H groups in total. The SMILES string of the molecule is O=C(Nc1cc(-c2ccc(Br)cc2)nn1CCO)OCc1ccccc1. The molecule has 7 heteroatoms. The number of anilines is 1. The van der Waals surface area contributed by atoms with Crippen molar-refractivity contribution in [2.45, 2.75) is 13.2 Å². The van der Waals surface area contributed by atoms with Crippen LogP contribution in [0, 0.1) is 0 Å². The Balaban J connectivity index is 1.71. The number of aromatic nitrogens is 2. The van der Waals surface area contributed by atoms with Gasteiger partial charge in [-0.3, -0.25) is 5.32 Å². The lowest BCUT2D eigenvalue weighted by atomic mass is 10.2. The maximum Gasteiger partial charge on any atom is 0.413 e. The lowest BCUT2D eigenvalue weighted by Crippen LogP contribution is -2.17. The Morgan fingerprint density at radius 1 is 1.15 bits per heavy atom. The van der Waals surface area contributed by atoms with Crippen molar-refractivity contribution in [1.82, 2.24) is 9.78 Å². The van der Waals surface area contributed by atoms with E-state index in [0.717, 1.165) is 15.6 Å². The maximum absolute atomic E-state index is 12.1. The molecular formula is C19H18BrN3O3. The van der Waals surface area contributed by atoms with Crippen LogP contribution in [0.3, 0.4) is 0 Å². The van der Waals surface area contributed by atoms with Crippen molar-refractivity contribution in [3.8, 4) is 11.3 Å². The van der Waals surface area contributed by atoms with Crippen molar-refractivity contribution < 1.29 is 14.6 Å². The molecule has 1 heterocycles. The molecule has 0 unspecified atom stereocenters. The lowest BCUT2D eigenvalue weighted by Gasteiger charge is -2.08. The third-order valence-corrected chi connectivity index (χ3v) is 4.20. The summed E-state index contributed by atoms with van der Waals surface area (Å²) in [6.45, 7) is 0.362. The Hall–Kier alpha value is -2.64. The van der Waals surface area contributed by atoms with Gasteiger partial charge in [-0.05, 0) is 17.7 Å². The minimum absolute atomic E-state index is 0.0881. The highest BCUT2D eigenvalue weighted by atomic mass is 79.9. The van der Waals surface area contributed by atoms with Gasteiger partial charge in [-0.15, -0.1) is 0 Å². The number of hydrogen-bond acceptors (Lipinski definition) is 4. The normalized spacial score (nSPS) is 10.5. The summed E-state index contributed by atoms with van der Waals surface area (Å²) < 4.78 is 7.75. The molecule has 2 aromatic carbocycles. The summed E-state index contributed by atoms with van der Waals surface area (Å²) in [6.07, 6.45) is -0.574. The second-order valence-corrected chi connectivity index (χ2v) is 6.47. The molecule has 3 rings (SSSR count). The van der Waals surface area contributed by atoms with Gasteiger partial charge >= 0.3 is 6.09 Å². The fraction of sp³-hybridized carbons (Fsp3) is 0.158. The van der Waals surface area contributed by atoms with Crippen LogP contribution in [0.25, 0.3) is 11.3 Å². The van der Waals surface area contributed by atoms with E-state index in [4.69, 9.17) is 4.74 Å². The number of aliphatic hydroxyl groups is 1. The highest BCUT2D eigenvalue weighted by molar-refractivity contribution is 9.10. The van der Waals surface area contributed by atoms with Crippen LogP contribution in [0.2, 0.25) is 0 Å². The molecule has 0 spiro atoms. The third-order valence-electron chi connectivity index (χ3n) is 3.67. The van der Waals surface area contributed by atoms with Gasteiger partial charge in [-0.2, -0.15) is 5.10 Å². The minimum atomic E-state index is -0.574. The predicted octanol–water partition coefficient (Wildman–Crippen LogP) is 4.05. The number of hydrogen-bond donors (Lipinski definition) is 2. The van der Waals surface area contributed by atoms with Crippen LogP contribution in [0.15, 0.2) is 65.1 Å². The van der Waals surface area contributed by atoms with Gasteiger partial charge in [0.05, 0.1) is 18.8 Å². The lowest BCUT2D eigenvalue weighted by molar-refractivity contribution is 0.154. The van der Waals surface area contributed by atoms with Gasteiger partial charge in [-0.1, -0.05) is 58.4 Å². The summed E-state index contributed by atoms with van der Waals surface area (Å²) in [7, 11) is 0. The zero-order valence-corrected chi connectivity index (χ0v) is 15.5. The van der Waals surface area contributed by atoms with Gasteiger partial charge in [0.15, 0.2) is 0 Å². The average Bonchev–Trinajstić information content (AvgIpc) is 3.04. The molecule has 0 atom stereocenters. The van der Waals surface area contributed by atoms with Gasteiger partial charge in [0.25, 0.3) is 0 Å². The number of carbonyl (C=O) groups is 1. The topological polar surface area (TPSA) is 76.4 Å². The molecule has 0 bridgehead atoms. The molecule has 1 amide bonds. The van der Waals surface area contributed by atoms with Crippen LogP contribution >= 0.6 is 15.9 Å². The molecule has 3 aromatic rings. The number of benzene rings is 2. The van der Waals surface area contributed by atoms with Crippen LogP contribution in [0.5, 0.6) is 0 Å². The summed E-state index contributed by atoms with van der Waals surface area (Å²) in [5.41, 5.74) is 2.51. The molecule has 0 aliphatic carbocycles. The predicted molar refractivity (Wildman–Crippen MR) is 103 cm³/mol. The van der Waals surface area contributed by atoms with E-state index < -0.39 is 6.09 Å². The van der Waals surface area contributed by atoms with E-state index in [0.29, 0.717) is 11.5 Å². The van der Waals surface area contributed by atoms with Crippen molar-refractivity contribution in [3.63, 3.8) is 0 Å². The molecule has 26 heavy (non-hydrogen) atoms. The molecule has 0 fully saturated rings. The van der Waals surface area contributed by atoms with Crippen molar-refractivity contribution >= 4 is 27.8 Å². The van der Waals surface area contributed by atoms with E-state index in [1.54, 1.807) is 10.7 Å². The maximum atomic E-state index is 12.1. The first-order valence-electron chi connectivity index (χ1n) is 8.08. The number of nitrogens with one attached hydrogen (secondary N) is 1. The zero-order valence-electron chi connectivity index (χ0n) is 13.9. The first-order valence-corrected chi connectivity index (χ1v) is 8.87. The number of aliphatic hydroxyl groups excluding tert-OH is 1. The zero-order chi connectivity index (χ0) is 18.4. The van der Waals surface area contributed by atoms with Gasteiger partial charge in [0.1, 0.15) is 12.4 Å². The van der Waals surface area contributed by atoms with Crippen LogP contribution in [0.4, 0.5) is 10.6 Å². The number of ether oxygens (including phenoxy) is 1. The highest BCUT2D eigenvalue weighted by Crippen LogP contribution is 2.24. The first kappa shape index (κ1) is 18.2. The first-order chi connectivity index (χ1) is 12.7. The van der Waals surface area contributed by atoms with E-state index in [-0.39, 0.29) is 19.8 Å². The molecule has 0 saturated carbocycles. The molecular weight excluding hydrogens is 398 g/mol. The molecule has 0 aliphatic heterocycles. The summed E-state index contributed by atoms with van der Waals surface area (Å²) in [5, 5.41) is 16.4. The van der Waals surface area contributed by atoms with Crippen molar-refractivity contribution in [1.29, 1.82) is 0 Å². The van der Waals surface area contributed by atoms with E-state index in [9.17, 15) is 9.90 Å². The Morgan fingerprint density at radius 3 is 2.58 bits per heavy atom. The van der Waals surface area contributed by atoms with Crippen LogP contribution in [-0.4, -0.2) is 27.6 Å². The average molecular weight is 416 g/mol. The van der Waals surface area contributed by atoms with Crippen LogP contribution in [0.1, 0.15) is 5.56 Å². The quantitative estimate of drug-likeness (QED) is 0.636. The number of nitrogens with zero attached hydrogens (tertiary/aromatic N) is 2. The molecule has 0 saturated heterocycles. The molecule has 0 radical (unpaired) electrons. The van der Waals surface area contributed by atoms with E-state index in [1.165, 1.54) is 0 Å². The summed E-state index contributed by atoms with van der Waals surface area (Å²) in [5.74, 6) is 0.468. The Labute approximate surface area is 159 Å². The summed E-state index contributed by atoms with van der Waals surface area (Å²) in [6, 6.07) is 18.9. The second kappa shape index (κ2) is 8.64. The molecule has 134 valence electrons. The van der Waals surface area contributed by atoms with E-state index in [2.05, 4.69) is 26.3 Å². The van der Waals surface area contributed by atoms with Crippen molar-refractivity contribution in [2.24, 2.45) is 0 Å². The van der Waals surface area contributed by atoms with E-state index >= 15 is 0 Å². The monoisotopic (exact) mass is 415 g/mol. The number of halogens is 1. The van der Waals surface area contributed by atoms with Gasteiger partial charge in [-0.25, -0.2) is 9.48 Å². The Kier molecular flexibility index (Phi) is 6.04. The second-order valence-electron chi connectivity index (χ2n) is 5.56. The van der Waals surface area contributed by atoms with Crippen molar-refractivity contribution in [3.05, 3.63) is 70.7 Å². The molecule has 6 nitrogen and oxygen atoms in total. The Bertz CT molecular complexity index is 863. The van der Waals surface area contributed by atoms with Gasteiger partial charge in [0.2, 0.25) is 0 Å². The van der Waals surface area contributed by atoms with E-state index in [1.807, 2.05) is 54.6 Å². The standard InChI is InChI=1S/C19H18BrN3O3/c20-16-8-6-15(7-9-16)17-12-18(23(22-17)10-11-24)21-19(25)26-13-14-4-2-1-3-5-14/h1-9,12,24H,10-11,13H2,(H,21,25). The number of amides is 1. The largest absolute Gasteiger partial charge is 0.444 e. The highest BCUT2D eigenvalue weighted by Gasteiger charge is 2.13. The number of rotatable bonds is 6. The minimum Gasteiger partial charge on any atom is -0.444 e. The van der Waals surface area contributed by atoms with Crippen molar-refractivity contribution in [2.75, 3.05) is 11.9 Å². The Morgan fingerprint density at radius 2 is 1.88 bits per heavy atom. The molecule has 1 aromatic heterocycles. The summed E-state index contributed by atoms with van der Waals surface area (Å²) >= 11 is 3.40. The van der Waals surface area contributed by atoms with Crippen LogP contribution < -0.4 is 5.32 Å². The fourth-order valence-electron chi connectivity index (χ4n) is 2.41. The third kappa shape index (κ3) is 4.71. The van der Waals surface area contributed by atoms with Gasteiger partial charge in [0, 0.05) is 16.1 Å². The summed E-state index contributed by atoms with van der Waals surface area (Å²) in [4.78, 5) is 12.1. The van der Waals surface area contributed by atoms with Gasteiger partial charge < -0.3 is 9.84 Å². The van der Waals surface area contributed by atoms with Crippen LogP contribution in [-0.2, 0) is 17.9 Å². The smallest absolute Gasteiger partial charge is 0.413 e.